The van der Waals surface area contributed by atoms with Crippen molar-refractivity contribution in [1.29, 1.82) is 0 Å². The van der Waals surface area contributed by atoms with E-state index >= 15 is 0 Å². The van der Waals surface area contributed by atoms with Crippen molar-refractivity contribution in [2.24, 2.45) is 11.8 Å². The number of carbonyl (C=O) groups is 1. The van der Waals surface area contributed by atoms with Gasteiger partial charge >= 0.3 is 0 Å². The van der Waals surface area contributed by atoms with Crippen LogP contribution < -0.4 is 5.32 Å². The Morgan fingerprint density at radius 3 is 2.20 bits per heavy atom. The van der Waals surface area contributed by atoms with E-state index in [1.165, 1.54) is 84.0 Å². The molecule has 4 nitrogen and oxygen atoms in total. The summed E-state index contributed by atoms with van der Waals surface area (Å²) >= 11 is 0. The minimum absolute atomic E-state index is 0.221. The number of carbonyl (C=O) groups excluding carboxylic acids is 1. The molecule has 2 saturated heterocycles. The molecule has 0 aromatic rings. The number of likely N-dealkylation sites (tertiary alicyclic amines) is 2. The first-order valence-electron chi connectivity index (χ1n) is 10.9. The molecule has 0 radical (unpaired) electrons. The van der Waals surface area contributed by atoms with Crippen molar-refractivity contribution < 1.29 is 4.79 Å². The lowest BCUT2D eigenvalue weighted by Crippen LogP contribution is -2.47. The monoisotopic (exact) mass is 349 g/mol. The Hall–Kier alpha value is -0.610. The molecule has 0 aromatic carbocycles. The molecular weight excluding hydrogens is 310 g/mol. The molecule has 1 N–H and O–H groups in total. The highest BCUT2D eigenvalue weighted by Crippen LogP contribution is 2.34. The highest BCUT2D eigenvalue weighted by molar-refractivity contribution is 5.75. The van der Waals surface area contributed by atoms with Gasteiger partial charge in [-0.3, -0.25) is 4.79 Å². The van der Waals surface area contributed by atoms with Crippen LogP contribution in [0.5, 0.6) is 0 Å². The van der Waals surface area contributed by atoms with Gasteiger partial charge in [0.25, 0.3) is 0 Å². The van der Waals surface area contributed by atoms with Crippen molar-refractivity contribution in [2.45, 2.75) is 83.2 Å². The Bertz CT molecular complexity index is 411. The minimum Gasteiger partial charge on any atom is -0.353 e. The number of amides is 1. The second kappa shape index (κ2) is 9.36. The molecule has 1 amide bonds. The number of rotatable bonds is 4. The predicted octanol–water partition coefficient (Wildman–Crippen LogP) is 3.27. The van der Waals surface area contributed by atoms with Gasteiger partial charge in [0.2, 0.25) is 5.91 Å². The van der Waals surface area contributed by atoms with E-state index < -0.39 is 0 Å². The van der Waals surface area contributed by atoms with Gasteiger partial charge in [0.15, 0.2) is 0 Å². The zero-order valence-corrected chi connectivity index (χ0v) is 16.5. The van der Waals surface area contributed by atoms with Gasteiger partial charge < -0.3 is 15.1 Å². The van der Waals surface area contributed by atoms with Crippen LogP contribution in [0.3, 0.4) is 0 Å². The molecule has 0 spiro atoms. The lowest BCUT2D eigenvalue weighted by molar-refractivity contribution is -0.121. The van der Waals surface area contributed by atoms with Crippen molar-refractivity contribution in [1.82, 2.24) is 15.1 Å². The van der Waals surface area contributed by atoms with Crippen LogP contribution in [0.4, 0.5) is 0 Å². The van der Waals surface area contributed by atoms with Crippen LogP contribution in [0.15, 0.2) is 0 Å². The van der Waals surface area contributed by atoms with E-state index in [1.807, 2.05) is 6.92 Å². The first kappa shape index (κ1) is 19.2. The SMILES string of the molecule is CCC(=O)NC1CCC(N2CCC(C3CCCN(C)CC3)CC2)CC1. The summed E-state index contributed by atoms with van der Waals surface area (Å²) in [6.07, 6.45) is 12.6. The summed E-state index contributed by atoms with van der Waals surface area (Å²) in [5, 5.41) is 3.19. The van der Waals surface area contributed by atoms with Crippen LogP contribution >= 0.6 is 0 Å². The molecule has 3 rings (SSSR count). The van der Waals surface area contributed by atoms with Crippen LogP contribution in [0.1, 0.15) is 71.1 Å². The highest BCUT2D eigenvalue weighted by atomic mass is 16.1. The van der Waals surface area contributed by atoms with Gasteiger partial charge in [-0.05, 0) is 103 Å². The normalized spacial score (nSPS) is 33.8. The van der Waals surface area contributed by atoms with Gasteiger partial charge in [-0.1, -0.05) is 6.92 Å². The highest BCUT2D eigenvalue weighted by Gasteiger charge is 2.32. The third-order valence-electron chi connectivity index (χ3n) is 7.14. The molecule has 2 aliphatic heterocycles. The van der Waals surface area contributed by atoms with Crippen molar-refractivity contribution in [3.05, 3.63) is 0 Å². The topological polar surface area (TPSA) is 35.6 Å². The molecule has 0 bridgehead atoms. The van der Waals surface area contributed by atoms with Crippen LogP contribution in [0, 0.1) is 11.8 Å². The molecule has 4 heteroatoms. The van der Waals surface area contributed by atoms with E-state index in [2.05, 4.69) is 22.2 Å². The number of nitrogens with zero attached hydrogens (tertiary/aromatic N) is 2. The fourth-order valence-corrected chi connectivity index (χ4v) is 5.41. The maximum absolute atomic E-state index is 11.6. The standard InChI is InChI=1S/C21H39N3O/c1-3-21(25)22-19-6-8-20(9-7-19)24-15-11-18(12-16-24)17-5-4-13-23(2)14-10-17/h17-20H,3-16H2,1-2H3,(H,22,25). The van der Waals surface area contributed by atoms with E-state index in [4.69, 9.17) is 0 Å². The van der Waals surface area contributed by atoms with Crippen molar-refractivity contribution in [2.75, 3.05) is 33.2 Å². The number of nitrogens with one attached hydrogen (secondary N) is 1. The molecule has 2 heterocycles. The summed E-state index contributed by atoms with van der Waals surface area (Å²) in [6.45, 7) is 7.17. The predicted molar refractivity (Wildman–Crippen MR) is 104 cm³/mol. The van der Waals surface area contributed by atoms with Gasteiger partial charge in [-0.15, -0.1) is 0 Å². The largest absolute Gasteiger partial charge is 0.353 e. The Kier molecular flexibility index (Phi) is 7.18. The quantitative estimate of drug-likeness (QED) is 0.846. The Labute approximate surface area is 154 Å². The van der Waals surface area contributed by atoms with E-state index in [0.29, 0.717) is 12.5 Å². The molecule has 3 fully saturated rings. The molecule has 144 valence electrons. The maximum atomic E-state index is 11.6. The van der Waals surface area contributed by atoms with Crippen LogP contribution in [0.2, 0.25) is 0 Å². The van der Waals surface area contributed by atoms with Gasteiger partial charge in [-0.2, -0.15) is 0 Å². The van der Waals surface area contributed by atoms with Gasteiger partial charge in [0, 0.05) is 18.5 Å². The molecule has 0 aromatic heterocycles. The van der Waals surface area contributed by atoms with Gasteiger partial charge in [0.05, 0.1) is 0 Å². The van der Waals surface area contributed by atoms with Crippen LogP contribution in [0.25, 0.3) is 0 Å². The van der Waals surface area contributed by atoms with E-state index in [9.17, 15) is 4.79 Å². The summed E-state index contributed by atoms with van der Waals surface area (Å²) in [7, 11) is 2.28. The van der Waals surface area contributed by atoms with Crippen LogP contribution in [-0.2, 0) is 4.79 Å². The van der Waals surface area contributed by atoms with Crippen molar-refractivity contribution in [3.8, 4) is 0 Å². The zero-order valence-electron chi connectivity index (χ0n) is 16.5. The minimum atomic E-state index is 0.221. The third kappa shape index (κ3) is 5.43. The fraction of sp³-hybridized carbons (Fsp3) is 0.952. The van der Waals surface area contributed by atoms with Crippen molar-refractivity contribution >= 4 is 5.91 Å². The van der Waals surface area contributed by atoms with Crippen LogP contribution in [-0.4, -0.2) is 61.0 Å². The molecule has 1 saturated carbocycles. The fourth-order valence-electron chi connectivity index (χ4n) is 5.41. The number of piperidine rings is 1. The van der Waals surface area contributed by atoms with Gasteiger partial charge in [-0.25, -0.2) is 0 Å². The summed E-state index contributed by atoms with van der Waals surface area (Å²) in [6, 6.07) is 1.21. The van der Waals surface area contributed by atoms with Gasteiger partial charge in [0.1, 0.15) is 0 Å². The number of hydrogen-bond acceptors (Lipinski definition) is 3. The summed E-state index contributed by atoms with van der Waals surface area (Å²) < 4.78 is 0. The Morgan fingerprint density at radius 2 is 1.52 bits per heavy atom. The third-order valence-corrected chi connectivity index (χ3v) is 7.14. The van der Waals surface area contributed by atoms with E-state index in [1.54, 1.807) is 0 Å². The summed E-state index contributed by atoms with van der Waals surface area (Å²) in [5.74, 6) is 2.17. The molecular formula is C21H39N3O. The van der Waals surface area contributed by atoms with Crippen molar-refractivity contribution in [3.63, 3.8) is 0 Å². The first-order valence-corrected chi connectivity index (χ1v) is 10.9. The molecule has 25 heavy (non-hydrogen) atoms. The lowest BCUT2D eigenvalue weighted by Gasteiger charge is -2.42. The maximum Gasteiger partial charge on any atom is 0.219 e. The molecule has 1 atom stereocenters. The second-order valence-corrected chi connectivity index (χ2v) is 8.79. The van der Waals surface area contributed by atoms with E-state index in [-0.39, 0.29) is 5.91 Å². The molecule has 1 aliphatic carbocycles. The Morgan fingerprint density at radius 1 is 0.880 bits per heavy atom. The molecule has 1 unspecified atom stereocenters. The Balaban J connectivity index is 1.39. The second-order valence-electron chi connectivity index (χ2n) is 8.79. The lowest BCUT2D eigenvalue weighted by atomic mass is 9.79. The average molecular weight is 350 g/mol. The summed E-state index contributed by atoms with van der Waals surface area (Å²) in [5.41, 5.74) is 0. The number of hydrogen-bond donors (Lipinski definition) is 1. The van der Waals surface area contributed by atoms with E-state index in [0.717, 1.165) is 17.9 Å². The molecule has 3 aliphatic rings. The smallest absolute Gasteiger partial charge is 0.219 e. The average Bonchev–Trinajstić information content (AvgIpc) is 2.87. The zero-order chi connectivity index (χ0) is 17.6. The first-order chi connectivity index (χ1) is 12.2. The summed E-state index contributed by atoms with van der Waals surface area (Å²) in [4.78, 5) is 16.9.